The quantitative estimate of drug-likeness (QED) is 0.921. The monoisotopic (exact) mass is 304 g/mol. The van der Waals surface area contributed by atoms with Gasteiger partial charge in [-0.2, -0.15) is 4.31 Å². The minimum Gasteiger partial charge on any atom is -0.326 e. The van der Waals surface area contributed by atoms with Crippen molar-refractivity contribution in [2.45, 2.75) is 24.9 Å². The molecule has 2 N–H and O–H groups in total. The van der Waals surface area contributed by atoms with E-state index in [2.05, 4.69) is 0 Å². The van der Waals surface area contributed by atoms with Crippen LogP contribution in [0.2, 0.25) is 0 Å². The molecule has 2 aromatic carbocycles. The van der Waals surface area contributed by atoms with Crippen molar-refractivity contribution in [3.8, 4) is 0 Å². The summed E-state index contributed by atoms with van der Waals surface area (Å²) in [5.74, 6) is 0. The fourth-order valence-electron chi connectivity index (χ4n) is 2.01. The molecule has 0 saturated heterocycles. The Bertz CT molecular complexity index is 692. The Kier molecular flexibility index (Phi) is 4.77. The number of rotatable bonds is 5. The molecule has 4 nitrogen and oxygen atoms in total. The Balaban J connectivity index is 2.19. The summed E-state index contributed by atoms with van der Waals surface area (Å²) in [5, 5.41) is 0. The van der Waals surface area contributed by atoms with Crippen molar-refractivity contribution in [3.63, 3.8) is 0 Å². The summed E-state index contributed by atoms with van der Waals surface area (Å²) in [7, 11) is -1.89. The third kappa shape index (κ3) is 3.69. The molecule has 0 heterocycles. The highest BCUT2D eigenvalue weighted by molar-refractivity contribution is 7.89. The van der Waals surface area contributed by atoms with Gasteiger partial charge in [0.25, 0.3) is 0 Å². The molecule has 0 bridgehead atoms. The van der Waals surface area contributed by atoms with Gasteiger partial charge in [-0.05, 0) is 30.2 Å². The first-order valence-corrected chi connectivity index (χ1v) is 8.18. The van der Waals surface area contributed by atoms with Gasteiger partial charge in [-0.1, -0.05) is 42.0 Å². The summed E-state index contributed by atoms with van der Waals surface area (Å²) in [6.45, 7) is 2.75. The van der Waals surface area contributed by atoms with Crippen LogP contribution in [0.15, 0.2) is 53.4 Å². The predicted molar refractivity (Wildman–Crippen MR) is 84.2 cm³/mol. The molecule has 0 aliphatic heterocycles. The van der Waals surface area contributed by atoms with E-state index in [0.29, 0.717) is 13.1 Å². The van der Waals surface area contributed by atoms with Crippen molar-refractivity contribution in [1.29, 1.82) is 0 Å². The first kappa shape index (κ1) is 15.7. The van der Waals surface area contributed by atoms with Crippen molar-refractivity contribution in [1.82, 2.24) is 4.31 Å². The summed E-state index contributed by atoms with van der Waals surface area (Å²) in [5.41, 5.74) is 8.55. The molecule has 0 unspecified atom stereocenters. The summed E-state index contributed by atoms with van der Waals surface area (Å²) < 4.78 is 26.4. The molecule has 0 radical (unpaired) electrons. The van der Waals surface area contributed by atoms with Crippen molar-refractivity contribution in [3.05, 3.63) is 65.2 Å². The second-order valence-corrected chi connectivity index (χ2v) is 7.14. The molecule has 21 heavy (non-hydrogen) atoms. The SMILES string of the molecule is Cc1ccc(CN(C)S(=O)(=O)c2ccc(CN)cc2)cc1. The van der Waals surface area contributed by atoms with Gasteiger partial charge in [-0.25, -0.2) is 8.42 Å². The average molecular weight is 304 g/mol. The molecule has 0 amide bonds. The molecule has 5 heteroatoms. The number of nitrogens with two attached hydrogens (primary N) is 1. The molecular weight excluding hydrogens is 284 g/mol. The smallest absolute Gasteiger partial charge is 0.243 e. The van der Waals surface area contributed by atoms with Crippen LogP contribution < -0.4 is 5.73 Å². The van der Waals surface area contributed by atoms with Crippen LogP contribution in [0.4, 0.5) is 0 Å². The zero-order chi connectivity index (χ0) is 15.5. The maximum absolute atomic E-state index is 12.5. The minimum atomic E-state index is -3.48. The number of hydrogen-bond donors (Lipinski definition) is 1. The topological polar surface area (TPSA) is 63.4 Å². The molecule has 2 aromatic rings. The number of hydrogen-bond acceptors (Lipinski definition) is 3. The lowest BCUT2D eigenvalue weighted by molar-refractivity contribution is 0.466. The molecule has 0 spiro atoms. The van der Waals surface area contributed by atoms with Crippen LogP contribution in [0.5, 0.6) is 0 Å². The number of nitrogens with zero attached hydrogens (tertiary/aromatic N) is 1. The van der Waals surface area contributed by atoms with Crippen LogP contribution in [0.1, 0.15) is 16.7 Å². The minimum absolute atomic E-state index is 0.286. The van der Waals surface area contributed by atoms with Crippen LogP contribution in [-0.2, 0) is 23.1 Å². The number of benzene rings is 2. The van der Waals surface area contributed by atoms with Gasteiger partial charge in [0, 0.05) is 20.1 Å². The lowest BCUT2D eigenvalue weighted by Gasteiger charge is -2.17. The molecule has 0 aromatic heterocycles. The molecule has 112 valence electrons. The first-order chi connectivity index (χ1) is 9.93. The Morgan fingerprint density at radius 2 is 1.48 bits per heavy atom. The third-order valence-electron chi connectivity index (χ3n) is 3.39. The maximum atomic E-state index is 12.5. The van der Waals surface area contributed by atoms with Gasteiger partial charge >= 0.3 is 0 Å². The van der Waals surface area contributed by atoms with Crippen molar-refractivity contribution < 1.29 is 8.42 Å². The second kappa shape index (κ2) is 6.39. The number of aryl methyl sites for hydroxylation is 1. The summed E-state index contributed by atoms with van der Waals surface area (Å²) >= 11 is 0. The summed E-state index contributed by atoms with van der Waals surface area (Å²) in [4.78, 5) is 0.286. The Hall–Kier alpha value is -1.69. The highest BCUT2D eigenvalue weighted by Crippen LogP contribution is 2.17. The van der Waals surface area contributed by atoms with Crippen LogP contribution in [0.3, 0.4) is 0 Å². The van der Waals surface area contributed by atoms with Gasteiger partial charge in [0.1, 0.15) is 0 Å². The Morgan fingerprint density at radius 3 is 2.00 bits per heavy atom. The van der Waals surface area contributed by atoms with E-state index in [-0.39, 0.29) is 4.90 Å². The van der Waals surface area contributed by atoms with E-state index in [9.17, 15) is 8.42 Å². The molecule has 2 rings (SSSR count). The van der Waals surface area contributed by atoms with E-state index in [4.69, 9.17) is 5.73 Å². The van der Waals surface area contributed by atoms with Crippen LogP contribution in [0, 0.1) is 6.92 Å². The van der Waals surface area contributed by atoms with E-state index >= 15 is 0 Å². The second-order valence-electron chi connectivity index (χ2n) is 5.09. The lowest BCUT2D eigenvalue weighted by atomic mass is 10.1. The standard InChI is InChI=1S/C16H20N2O2S/c1-13-3-5-15(6-4-13)12-18(2)21(19,20)16-9-7-14(11-17)8-10-16/h3-10H,11-12,17H2,1-2H3. The van der Waals surface area contributed by atoms with E-state index in [1.54, 1.807) is 31.3 Å². The largest absolute Gasteiger partial charge is 0.326 e. The van der Waals surface area contributed by atoms with Gasteiger partial charge < -0.3 is 5.73 Å². The lowest BCUT2D eigenvalue weighted by Crippen LogP contribution is -2.26. The van der Waals surface area contributed by atoms with E-state index < -0.39 is 10.0 Å². The van der Waals surface area contributed by atoms with Gasteiger partial charge in [0.15, 0.2) is 0 Å². The van der Waals surface area contributed by atoms with Crippen molar-refractivity contribution >= 4 is 10.0 Å². The molecular formula is C16H20N2O2S. The summed E-state index contributed by atoms with van der Waals surface area (Å²) in [6, 6.07) is 14.5. The van der Waals surface area contributed by atoms with Crippen LogP contribution >= 0.6 is 0 Å². The van der Waals surface area contributed by atoms with Gasteiger partial charge in [-0.3, -0.25) is 0 Å². The Labute approximate surface area is 126 Å². The highest BCUT2D eigenvalue weighted by atomic mass is 32.2. The molecule has 0 aliphatic rings. The fourth-order valence-corrected chi connectivity index (χ4v) is 3.17. The first-order valence-electron chi connectivity index (χ1n) is 6.74. The average Bonchev–Trinajstić information content (AvgIpc) is 2.49. The fraction of sp³-hybridized carbons (Fsp3) is 0.250. The zero-order valence-corrected chi connectivity index (χ0v) is 13.1. The zero-order valence-electron chi connectivity index (χ0n) is 12.3. The van der Waals surface area contributed by atoms with Gasteiger partial charge in [0.05, 0.1) is 4.90 Å². The maximum Gasteiger partial charge on any atom is 0.243 e. The van der Waals surface area contributed by atoms with Gasteiger partial charge in [0.2, 0.25) is 10.0 Å². The normalized spacial score (nSPS) is 11.8. The molecule has 0 saturated carbocycles. The molecule has 0 aliphatic carbocycles. The van der Waals surface area contributed by atoms with Crippen LogP contribution in [0.25, 0.3) is 0 Å². The highest BCUT2D eigenvalue weighted by Gasteiger charge is 2.20. The molecule has 0 atom stereocenters. The van der Waals surface area contributed by atoms with E-state index in [1.807, 2.05) is 31.2 Å². The third-order valence-corrected chi connectivity index (χ3v) is 5.21. The summed E-state index contributed by atoms with van der Waals surface area (Å²) in [6.07, 6.45) is 0. The Morgan fingerprint density at radius 1 is 0.952 bits per heavy atom. The number of sulfonamides is 1. The van der Waals surface area contributed by atoms with Crippen molar-refractivity contribution in [2.75, 3.05) is 7.05 Å². The van der Waals surface area contributed by atoms with Crippen LogP contribution in [-0.4, -0.2) is 19.8 Å². The molecule has 0 fully saturated rings. The van der Waals surface area contributed by atoms with Gasteiger partial charge in [-0.15, -0.1) is 0 Å². The van der Waals surface area contributed by atoms with E-state index in [1.165, 1.54) is 4.31 Å². The van der Waals surface area contributed by atoms with Crippen molar-refractivity contribution in [2.24, 2.45) is 5.73 Å². The van der Waals surface area contributed by atoms with E-state index in [0.717, 1.165) is 16.7 Å². The predicted octanol–water partition coefficient (Wildman–Crippen LogP) is 2.27.